The number of benzene rings is 1. The molecule has 10 heteroatoms. The minimum atomic E-state index is -0.255. The van der Waals surface area contributed by atoms with Crippen LogP contribution in [-0.4, -0.2) is 43.0 Å². The molecule has 0 spiro atoms. The van der Waals surface area contributed by atoms with Gasteiger partial charge in [-0.15, -0.1) is 32.9 Å². The molecule has 8 nitrogen and oxygen atoms in total. The van der Waals surface area contributed by atoms with Crippen molar-refractivity contribution in [2.45, 2.75) is 39.3 Å². The predicted octanol–water partition coefficient (Wildman–Crippen LogP) is 3.72. The number of nitrogens with one attached hydrogen (secondary N) is 1. The molecule has 0 fully saturated rings. The van der Waals surface area contributed by atoms with E-state index in [0.717, 1.165) is 62.3 Å². The fourth-order valence-corrected chi connectivity index (χ4v) is 6.81. The van der Waals surface area contributed by atoms with Gasteiger partial charge in [0, 0.05) is 36.9 Å². The summed E-state index contributed by atoms with van der Waals surface area (Å²) in [6, 6.07) is 8.05. The third kappa shape index (κ3) is 3.13. The molecule has 1 N–H and O–H groups in total. The molecule has 0 bridgehead atoms. The van der Waals surface area contributed by atoms with E-state index in [1.807, 2.05) is 27.7 Å². The quantitative estimate of drug-likeness (QED) is 0.499. The first kappa shape index (κ1) is 19.6. The van der Waals surface area contributed by atoms with E-state index in [1.54, 1.807) is 18.3 Å². The Hall–Kier alpha value is -3.11. The first-order chi connectivity index (χ1) is 15.6. The lowest BCUT2D eigenvalue weighted by Crippen LogP contribution is -2.33. The summed E-state index contributed by atoms with van der Waals surface area (Å²) >= 11 is 3.15. The van der Waals surface area contributed by atoms with Crippen LogP contribution < -0.4 is 5.32 Å². The summed E-state index contributed by atoms with van der Waals surface area (Å²) < 4.78 is 3.01. The van der Waals surface area contributed by atoms with Crippen molar-refractivity contribution in [3.05, 3.63) is 46.4 Å². The van der Waals surface area contributed by atoms with Gasteiger partial charge in [0.25, 0.3) is 5.91 Å². The van der Waals surface area contributed by atoms with Crippen molar-refractivity contribution in [3.63, 3.8) is 0 Å². The van der Waals surface area contributed by atoms with E-state index in [2.05, 4.69) is 21.6 Å². The number of carbonyl (C=O) groups is 2. The number of carbonyl (C=O) groups excluding carboxylic acids is 2. The van der Waals surface area contributed by atoms with Gasteiger partial charge in [-0.2, -0.15) is 0 Å². The van der Waals surface area contributed by atoms with Crippen LogP contribution in [0.5, 0.6) is 0 Å². The fourth-order valence-electron chi connectivity index (χ4n) is 4.44. The van der Waals surface area contributed by atoms with Gasteiger partial charge in [0.15, 0.2) is 0 Å². The van der Waals surface area contributed by atoms with Gasteiger partial charge >= 0.3 is 0 Å². The second-order valence-electron chi connectivity index (χ2n) is 8.03. The number of aromatic nitrogens is 4. The first-order valence-corrected chi connectivity index (χ1v) is 12.2. The zero-order valence-corrected chi connectivity index (χ0v) is 19.1. The maximum absolute atomic E-state index is 13.2. The second kappa shape index (κ2) is 7.49. The zero-order valence-electron chi connectivity index (χ0n) is 17.4. The lowest BCUT2D eigenvalue weighted by molar-refractivity contribution is -0.129. The number of hydrogen-bond acceptors (Lipinski definition) is 7. The Labute approximate surface area is 191 Å². The molecule has 0 atom stereocenters. The van der Waals surface area contributed by atoms with E-state index in [0.29, 0.717) is 18.9 Å². The van der Waals surface area contributed by atoms with Crippen LogP contribution in [-0.2, 0) is 30.7 Å². The molecule has 0 saturated carbocycles. The van der Waals surface area contributed by atoms with Crippen molar-refractivity contribution in [2.75, 3.05) is 11.9 Å². The summed E-state index contributed by atoms with van der Waals surface area (Å²) in [5.41, 5.74) is 3.10. The minimum Gasteiger partial charge on any atom is -0.337 e. The minimum absolute atomic E-state index is 0.0650. The first-order valence-electron chi connectivity index (χ1n) is 10.6. The van der Waals surface area contributed by atoms with E-state index in [4.69, 9.17) is 4.98 Å². The fraction of sp³-hybridized carbons (Fsp3) is 0.318. The van der Waals surface area contributed by atoms with Gasteiger partial charge in [0.05, 0.1) is 16.8 Å². The number of anilines is 1. The van der Waals surface area contributed by atoms with Gasteiger partial charge in [-0.25, -0.2) is 4.98 Å². The largest absolute Gasteiger partial charge is 0.337 e. The number of fused-ring (bicyclic) bond motifs is 3. The average Bonchev–Trinajstić information content (AvgIpc) is 3.53. The van der Waals surface area contributed by atoms with Crippen LogP contribution in [0.2, 0.25) is 0 Å². The maximum Gasteiger partial charge on any atom is 0.294 e. The Morgan fingerprint density at radius 2 is 1.97 bits per heavy atom. The van der Waals surface area contributed by atoms with Crippen LogP contribution in [0.4, 0.5) is 5.00 Å². The molecule has 1 aromatic carbocycles. The summed E-state index contributed by atoms with van der Waals surface area (Å²) in [6.07, 6.45) is 2.58. The third-order valence-corrected chi connectivity index (χ3v) is 8.24. The van der Waals surface area contributed by atoms with Crippen molar-refractivity contribution < 1.29 is 9.59 Å². The molecule has 162 valence electrons. The van der Waals surface area contributed by atoms with Crippen LogP contribution in [0.25, 0.3) is 20.8 Å². The molecular formula is C22H20N6O2S2. The summed E-state index contributed by atoms with van der Waals surface area (Å²) in [4.78, 5) is 32.9. The number of thiazole rings is 1. The highest BCUT2D eigenvalue weighted by Crippen LogP contribution is 2.45. The van der Waals surface area contributed by atoms with Crippen LogP contribution in [0.1, 0.15) is 40.2 Å². The van der Waals surface area contributed by atoms with Gasteiger partial charge < -0.3 is 14.8 Å². The molecule has 32 heavy (non-hydrogen) atoms. The lowest BCUT2D eigenvalue weighted by atomic mass is 10.0. The summed E-state index contributed by atoms with van der Waals surface area (Å²) in [5.74, 6) is 1.03. The molecule has 3 aromatic heterocycles. The number of nitrogens with zero attached hydrogens (tertiary/aromatic N) is 5. The summed E-state index contributed by atoms with van der Waals surface area (Å²) in [6.45, 7) is 3.59. The second-order valence-corrected chi connectivity index (χ2v) is 10.2. The van der Waals surface area contributed by atoms with Crippen LogP contribution in [0, 0.1) is 0 Å². The highest BCUT2D eigenvalue weighted by molar-refractivity contribution is 7.23. The van der Waals surface area contributed by atoms with Gasteiger partial charge in [-0.1, -0.05) is 12.1 Å². The van der Waals surface area contributed by atoms with Crippen LogP contribution in [0.3, 0.4) is 0 Å². The standard InChI is InChI=1S/C22H20N6O2S2/c1-12(29)27-10-8-13-16(11-27)32-22(18(13)21-23-14-5-2-3-6-15(14)31-21)24-20(30)19-26-25-17-7-4-9-28(17)19/h2-3,5-6H,4,7-11H2,1H3,(H,24,30). The van der Waals surface area contributed by atoms with Gasteiger partial charge in [-0.3, -0.25) is 9.59 Å². The number of thiophene rings is 1. The van der Waals surface area contributed by atoms with E-state index in [-0.39, 0.29) is 11.8 Å². The van der Waals surface area contributed by atoms with Crippen molar-refractivity contribution in [3.8, 4) is 10.6 Å². The van der Waals surface area contributed by atoms with E-state index in [1.165, 1.54) is 16.9 Å². The van der Waals surface area contributed by atoms with Crippen molar-refractivity contribution in [1.29, 1.82) is 0 Å². The Bertz CT molecular complexity index is 1350. The number of rotatable bonds is 3. The van der Waals surface area contributed by atoms with E-state index < -0.39 is 0 Å². The molecule has 2 aliphatic heterocycles. The molecular weight excluding hydrogens is 444 g/mol. The lowest BCUT2D eigenvalue weighted by Gasteiger charge is -2.25. The van der Waals surface area contributed by atoms with E-state index in [9.17, 15) is 9.59 Å². The zero-order chi connectivity index (χ0) is 21.8. The number of aryl methyl sites for hydroxylation is 1. The maximum atomic E-state index is 13.2. The van der Waals surface area contributed by atoms with Gasteiger partial charge in [0.2, 0.25) is 11.7 Å². The summed E-state index contributed by atoms with van der Waals surface area (Å²) in [7, 11) is 0. The normalized spacial score (nSPS) is 15.1. The summed E-state index contributed by atoms with van der Waals surface area (Å²) in [5, 5.41) is 13.1. The molecule has 6 rings (SSSR count). The monoisotopic (exact) mass is 464 g/mol. The van der Waals surface area contributed by atoms with Gasteiger partial charge in [-0.05, 0) is 30.5 Å². The molecule has 0 aliphatic carbocycles. The number of hydrogen-bond donors (Lipinski definition) is 1. The number of amides is 2. The third-order valence-electron chi connectivity index (χ3n) is 6.05. The molecule has 0 unspecified atom stereocenters. The highest BCUT2D eigenvalue weighted by atomic mass is 32.1. The molecule has 5 heterocycles. The molecule has 0 radical (unpaired) electrons. The van der Waals surface area contributed by atoms with E-state index >= 15 is 0 Å². The Morgan fingerprint density at radius 3 is 2.81 bits per heavy atom. The van der Waals surface area contributed by atoms with Crippen LogP contribution >= 0.6 is 22.7 Å². The van der Waals surface area contributed by atoms with Crippen molar-refractivity contribution in [2.24, 2.45) is 0 Å². The smallest absolute Gasteiger partial charge is 0.294 e. The van der Waals surface area contributed by atoms with Crippen molar-refractivity contribution in [1.82, 2.24) is 24.6 Å². The number of para-hydroxylation sites is 1. The Kier molecular flexibility index (Phi) is 4.58. The highest BCUT2D eigenvalue weighted by Gasteiger charge is 2.30. The molecule has 4 aromatic rings. The topological polar surface area (TPSA) is 93.0 Å². The Morgan fingerprint density at radius 1 is 1.09 bits per heavy atom. The SMILES string of the molecule is CC(=O)N1CCc2c(sc(NC(=O)c3nnc4n3CCC4)c2-c2nc3ccccc3s2)C1. The molecule has 0 saturated heterocycles. The predicted molar refractivity (Wildman–Crippen MR) is 124 cm³/mol. The molecule has 2 amide bonds. The van der Waals surface area contributed by atoms with Gasteiger partial charge in [0.1, 0.15) is 15.8 Å². The van der Waals surface area contributed by atoms with Crippen molar-refractivity contribution >= 4 is 49.7 Å². The van der Waals surface area contributed by atoms with Crippen LogP contribution in [0.15, 0.2) is 24.3 Å². The average molecular weight is 465 g/mol. The Balaban J connectivity index is 1.43. The molecule has 2 aliphatic rings.